The van der Waals surface area contributed by atoms with E-state index in [0.29, 0.717) is 6.04 Å². The number of hydrogen-bond acceptors (Lipinski definition) is 3. The highest BCUT2D eigenvalue weighted by molar-refractivity contribution is 4.75. The predicted octanol–water partition coefficient (Wildman–Crippen LogP) is -0.0915. The molecular formula is C9H20N2O. The van der Waals surface area contributed by atoms with Crippen LogP contribution < -0.4 is 5.32 Å². The van der Waals surface area contributed by atoms with Crippen molar-refractivity contribution in [3.05, 3.63) is 0 Å². The van der Waals surface area contributed by atoms with Gasteiger partial charge in [-0.05, 0) is 39.4 Å². The van der Waals surface area contributed by atoms with Gasteiger partial charge in [-0.1, -0.05) is 0 Å². The van der Waals surface area contributed by atoms with Crippen LogP contribution in [0.4, 0.5) is 0 Å². The normalized spacial score (nSPS) is 26.5. The first-order chi connectivity index (χ1) is 5.74. The first-order valence-corrected chi connectivity index (χ1v) is 4.76. The third-order valence-corrected chi connectivity index (χ3v) is 2.73. The zero-order valence-corrected chi connectivity index (χ0v) is 8.08. The average Bonchev–Trinajstić information content (AvgIpc) is 2.55. The zero-order valence-electron chi connectivity index (χ0n) is 8.08. The molecule has 1 aliphatic rings. The molecule has 1 fully saturated rings. The minimum absolute atomic E-state index is 0.261. The van der Waals surface area contributed by atoms with E-state index in [1.165, 1.54) is 6.42 Å². The van der Waals surface area contributed by atoms with Gasteiger partial charge in [0.2, 0.25) is 0 Å². The number of aliphatic hydroxyl groups excluding tert-OH is 1. The smallest absolute Gasteiger partial charge is 0.0584 e. The highest BCUT2D eigenvalue weighted by Gasteiger charge is 2.18. The summed E-state index contributed by atoms with van der Waals surface area (Å²) in [4.78, 5) is 2.23. The minimum atomic E-state index is 0.261. The van der Waals surface area contributed by atoms with Crippen molar-refractivity contribution in [3.8, 4) is 0 Å². The second kappa shape index (κ2) is 4.80. The molecule has 3 nitrogen and oxygen atoms in total. The molecule has 0 radical (unpaired) electrons. The third-order valence-electron chi connectivity index (χ3n) is 2.73. The van der Waals surface area contributed by atoms with Crippen molar-refractivity contribution in [1.82, 2.24) is 10.2 Å². The molecule has 3 heteroatoms. The first-order valence-electron chi connectivity index (χ1n) is 4.76. The van der Waals surface area contributed by atoms with E-state index in [0.717, 1.165) is 25.6 Å². The fourth-order valence-corrected chi connectivity index (χ4v) is 1.60. The second-order valence-electron chi connectivity index (χ2n) is 3.83. The average molecular weight is 172 g/mol. The highest BCUT2D eigenvalue weighted by atomic mass is 16.3. The van der Waals surface area contributed by atoms with Crippen LogP contribution in [0.5, 0.6) is 0 Å². The van der Waals surface area contributed by atoms with Gasteiger partial charge < -0.3 is 15.3 Å². The lowest BCUT2D eigenvalue weighted by Crippen LogP contribution is -2.36. The van der Waals surface area contributed by atoms with Crippen LogP contribution in [0.1, 0.15) is 13.3 Å². The molecule has 0 aliphatic carbocycles. The lowest BCUT2D eigenvalue weighted by molar-refractivity contribution is 0.145. The van der Waals surface area contributed by atoms with Crippen molar-refractivity contribution in [2.45, 2.75) is 19.4 Å². The monoisotopic (exact) mass is 172 g/mol. The van der Waals surface area contributed by atoms with Gasteiger partial charge in [0, 0.05) is 12.6 Å². The van der Waals surface area contributed by atoms with Crippen LogP contribution in [0.2, 0.25) is 0 Å². The fraction of sp³-hybridized carbons (Fsp3) is 1.00. The molecule has 1 heterocycles. The Morgan fingerprint density at radius 1 is 1.67 bits per heavy atom. The standard InChI is InChI=1S/C9H20N2O/c1-8(7-12)11(2)6-9-3-4-10-5-9/h8-10,12H,3-7H2,1-2H3/t8-,9?/m0/s1. The van der Waals surface area contributed by atoms with Gasteiger partial charge in [0.05, 0.1) is 6.61 Å². The maximum atomic E-state index is 8.92. The summed E-state index contributed by atoms with van der Waals surface area (Å²) >= 11 is 0. The largest absolute Gasteiger partial charge is 0.395 e. The van der Waals surface area contributed by atoms with Gasteiger partial charge >= 0.3 is 0 Å². The lowest BCUT2D eigenvalue weighted by atomic mass is 10.1. The molecule has 0 aromatic heterocycles. The fourth-order valence-electron chi connectivity index (χ4n) is 1.60. The van der Waals surface area contributed by atoms with Crippen LogP contribution in [-0.4, -0.2) is 49.3 Å². The van der Waals surface area contributed by atoms with Crippen LogP contribution in [0.15, 0.2) is 0 Å². The van der Waals surface area contributed by atoms with Crippen LogP contribution in [0.3, 0.4) is 0 Å². The van der Waals surface area contributed by atoms with Gasteiger partial charge in [-0.3, -0.25) is 0 Å². The van der Waals surface area contributed by atoms with E-state index in [1.54, 1.807) is 0 Å². The van der Waals surface area contributed by atoms with Crippen LogP contribution >= 0.6 is 0 Å². The van der Waals surface area contributed by atoms with Gasteiger partial charge in [-0.2, -0.15) is 0 Å². The maximum Gasteiger partial charge on any atom is 0.0584 e. The molecule has 0 bridgehead atoms. The second-order valence-corrected chi connectivity index (χ2v) is 3.83. The lowest BCUT2D eigenvalue weighted by Gasteiger charge is -2.25. The molecule has 2 atom stereocenters. The van der Waals surface area contributed by atoms with E-state index in [4.69, 9.17) is 5.11 Å². The van der Waals surface area contributed by atoms with E-state index < -0.39 is 0 Å². The number of likely N-dealkylation sites (N-methyl/N-ethyl adjacent to an activating group) is 1. The highest BCUT2D eigenvalue weighted by Crippen LogP contribution is 2.09. The molecule has 1 aliphatic heterocycles. The number of nitrogens with zero attached hydrogens (tertiary/aromatic N) is 1. The summed E-state index contributed by atoms with van der Waals surface area (Å²) in [5, 5.41) is 12.3. The summed E-state index contributed by atoms with van der Waals surface area (Å²) in [7, 11) is 2.08. The molecular weight excluding hydrogens is 152 g/mol. The molecule has 2 N–H and O–H groups in total. The molecule has 12 heavy (non-hydrogen) atoms. The maximum absolute atomic E-state index is 8.92. The summed E-state index contributed by atoms with van der Waals surface area (Å²) in [6.07, 6.45) is 1.28. The van der Waals surface area contributed by atoms with Crippen molar-refractivity contribution in [2.24, 2.45) is 5.92 Å². The van der Waals surface area contributed by atoms with Gasteiger partial charge in [0.1, 0.15) is 0 Å². The number of hydrogen-bond donors (Lipinski definition) is 2. The molecule has 1 unspecified atom stereocenters. The number of nitrogens with one attached hydrogen (secondary N) is 1. The third kappa shape index (κ3) is 2.73. The molecule has 1 rings (SSSR count). The SMILES string of the molecule is C[C@@H](CO)N(C)CC1CCNC1. The summed E-state index contributed by atoms with van der Waals surface area (Å²) < 4.78 is 0. The Balaban J connectivity index is 2.19. The van der Waals surface area contributed by atoms with Gasteiger partial charge in [-0.15, -0.1) is 0 Å². The van der Waals surface area contributed by atoms with Crippen LogP contribution in [-0.2, 0) is 0 Å². The summed E-state index contributed by atoms with van der Waals surface area (Å²) in [5.74, 6) is 0.781. The molecule has 0 spiro atoms. The van der Waals surface area contributed by atoms with Gasteiger partial charge in [-0.25, -0.2) is 0 Å². The number of aliphatic hydroxyl groups is 1. The van der Waals surface area contributed by atoms with E-state index in [-0.39, 0.29) is 6.61 Å². The predicted molar refractivity (Wildman–Crippen MR) is 50.2 cm³/mol. The van der Waals surface area contributed by atoms with E-state index in [9.17, 15) is 0 Å². The van der Waals surface area contributed by atoms with Crippen molar-refractivity contribution in [1.29, 1.82) is 0 Å². The molecule has 0 aromatic carbocycles. The Labute approximate surface area is 74.8 Å². The molecule has 0 aromatic rings. The number of rotatable bonds is 4. The summed E-state index contributed by atoms with van der Waals surface area (Å²) in [6, 6.07) is 0.297. The molecule has 0 saturated carbocycles. The van der Waals surface area contributed by atoms with Crippen molar-refractivity contribution in [3.63, 3.8) is 0 Å². The van der Waals surface area contributed by atoms with Crippen molar-refractivity contribution in [2.75, 3.05) is 33.3 Å². The minimum Gasteiger partial charge on any atom is -0.395 e. The molecule has 0 amide bonds. The Morgan fingerprint density at radius 2 is 2.42 bits per heavy atom. The van der Waals surface area contributed by atoms with Crippen molar-refractivity contribution < 1.29 is 5.11 Å². The Kier molecular flexibility index (Phi) is 3.98. The summed E-state index contributed by atoms with van der Waals surface area (Å²) in [5.41, 5.74) is 0. The summed E-state index contributed by atoms with van der Waals surface area (Å²) in [6.45, 7) is 5.72. The van der Waals surface area contributed by atoms with Crippen molar-refractivity contribution >= 4 is 0 Å². The quantitative estimate of drug-likeness (QED) is 0.622. The Hall–Kier alpha value is -0.120. The zero-order chi connectivity index (χ0) is 8.97. The van der Waals surface area contributed by atoms with Crippen LogP contribution in [0.25, 0.3) is 0 Å². The Morgan fingerprint density at radius 3 is 2.92 bits per heavy atom. The first kappa shape index (κ1) is 9.96. The molecule has 72 valence electrons. The van der Waals surface area contributed by atoms with E-state index >= 15 is 0 Å². The van der Waals surface area contributed by atoms with Gasteiger partial charge in [0.25, 0.3) is 0 Å². The van der Waals surface area contributed by atoms with Crippen LogP contribution in [0, 0.1) is 5.92 Å². The molecule has 1 saturated heterocycles. The van der Waals surface area contributed by atoms with E-state index in [2.05, 4.69) is 24.2 Å². The van der Waals surface area contributed by atoms with Gasteiger partial charge in [0.15, 0.2) is 0 Å². The van der Waals surface area contributed by atoms with E-state index in [1.807, 2.05) is 0 Å². The Bertz CT molecular complexity index is 124. The topological polar surface area (TPSA) is 35.5 Å².